The summed E-state index contributed by atoms with van der Waals surface area (Å²) in [6.45, 7) is 7.24. The lowest BCUT2D eigenvalue weighted by molar-refractivity contribution is -0.182. The van der Waals surface area contributed by atoms with Gasteiger partial charge in [0.25, 0.3) is 0 Å². The molecule has 22 nitrogen and oxygen atoms in total. The molecule has 4 aliphatic carbocycles. The van der Waals surface area contributed by atoms with Gasteiger partial charge >= 0.3 is 6.18 Å². The molecule has 6 rings (SSSR count). The van der Waals surface area contributed by atoms with Crippen LogP contribution in [-0.2, 0) is 52.7 Å². The maximum Gasteiger partial charge on any atom is 0.393 e. The van der Waals surface area contributed by atoms with E-state index in [9.17, 15) is 56.3 Å². The van der Waals surface area contributed by atoms with Gasteiger partial charge < -0.3 is 55.6 Å². The third-order valence-corrected chi connectivity index (χ3v) is 22.1. The lowest BCUT2D eigenvalue weighted by Gasteiger charge is -2.40. The van der Waals surface area contributed by atoms with Crippen molar-refractivity contribution in [2.75, 3.05) is 61.9 Å². The summed E-state index contributed by atoms with van der Waals surface area (Å²) >= 11 is 13.3. The van der Waals surface area contributed by atoms with E-state index in [0.717, 1.165) is 35.5 Å². The third-order valence-electron chi connectivity index (χ3n) is 21.0. The smallest absolute Gasteiger partial charge is 0.351 e. The number of amides is 11. The Morgan fingerprint density at radius 2 is 1.20 bits per heavy atom. The lowest BCUT2D eigenvalue weighted by Crippen LogP contribution is -2.64. The minimum atomic E-state index is -4.50. The Morgan fingerprint density at radius 3 is 1.81 bits per heavy atom. The number of alkyl halides is 5. The van der Waals surface area contributed by atoms with Gasteiger partial charge in [-0.2, -0.15) is 13.2 Å². The predicted molar refractivity (Wildman–Crippen MR) is 336 cm³/mol. The Morgan fingerprint density at radius 1 is 0.593 bits per heavy atom. The van der Waals surface area contributed by atoms with Crippen LogP contribution in [0.2, 0.25) is 0 Å². The molecule has 6 fully saturated rings. The fourth-order valence-corrected chi connectivity index (χ4v) is 15.4. The van der Waals surface area contributed by atoms with Crippen molar-refractivity contribution in [2.24, 2.45) is 29.6 Å². The molecular formula is C64H102Cl2F3N11O11. The van der Waals surface area contributed by atoms with Crippen molar-refractivity contribution in [3.05, 3.63) is 0 Å². The molecule has 6 aliphatic rings. The number of hydrogen-bond donors (Lipinski definition) is 4. The van der Waals surface area contributed by atoms with Crippen LogP contribution in [-0.4, -0.2) is 232 Å². The summed E-state index contributed by atoms with van der Waals surface area (Å²) in [7, 11) is 8.55. The fourth-order valence-electron chi connectivity index (χ4n) is 14.5. The highest BCUT2D eigenvalue weighted by molar-refractivity contribution is 6.21. The molecular weight excluding hydrogens is 1230 g/mol. The zero-order valence-electron chi connectivity index (χ0n) is 55.3. The highest BCUT2D eigenvalue weighted by Gasteiger charge is 2.51. The number of halogens is 5. The maximum atomic E-state index is 15.2. The average Bonchev–Trinajstić information content (AvgIpc) is 2.44. The number of hydrogen-bond acceptors (Lipinski definition) is 11. The van der Waals surface area contributed by atoms with Gasteiger partial charge in [-0.25, -0.2) is 0 Å². The number of likely N-dealkylation sites (N-methyl/N-ethyl adjacent to an activating group) is 6. The van der Waals surface area contributed by atoms with E-state index in [0.29, 0.717) is 51.4 Å². The molecule has 0 aromatic carbocycles. The van der Waals surface area contributed by atoms with E-state index in [2.05, 4.69) is 21.3 Å². The van der Waals surface area contributed by atoms with Crippen molar-refractivity contribution in [3.8, 4) is 0 Å². The molecule has 2 saturated heterocycles. The molecule has 4 saturated carbocycles. The number of carbonyl (C=O) groups is 11. The zero-order valence-corrected chi connectivity index (χ0v) is 56.9. The van der Waals surface area contributed by atoms with Crippen molar-refractivity contribution in [1.82, 2.24) is 55.6 Å². The van der Waals surface area contributed by atoms with Crippen LogP contribution in [0.25, 0.3) is 0 Å². The molecule has 514 valence electrons. The van der Waals surface area contributed by atoms with Gasteiger partial charge in [0.2, 0.25) is 65.0 Å². The second kappa shape index (κ2) is 32.6. The zero-order chi connectivity index (χ0) is 67.6. The molecule has 0 aromatic heterocycles. The predicted octanol–water partition coefficient (Wildman–Crippen LogP) is 5.34. The lowest BCUT2D eigenvalue weighted by atomic mass is 9.78. The number of nitrogens with zero attached hydrogens (tertiary/aromatic N) is 7. The summed E-state index contributed by atoms with van der Waals surface area (Å²) in [5.41, 5.74) is -1.47. The van der Waals surface area contributed by atoms with Crippen LogP contribution in [0.5, 0.6) is 0 Å². The normalized spacial score (nSPS) is 32.9. The SMILES string of the molecule is CC[C@H](C)[C@@H]1NC(=O)[C@H](C)N(C)C(=O)C[C@@H](C)NC(=O)[C@H](C2CCCC2)N(C)C(=O)C2(CCCC2)NC(=O)[C@@H]2CCCN2C(=O)[C@H](CCC2CCC(C(F)(F)F)C(Cl)C2)NC(=O)[C@@H](C)N(C)C(=O)[C@H](CC2CCCCC2Cl)N(C)C(=O)CN(C)C(=O)CN(C)C1=O. The van der Waals surface area contributed by atoms with Crippen LogP contribution in [0.4, 0.5) is 13.2 Å². The molecule has 0 radical (unpaired) electrons. The van der Waals surface area contributed by atoms with Gasteiger partial charge in [0.05, 0.1) is 19.0 Å². The molecule has 5 unspecified atom stereocenters. The fraction of sp³-hybridized carbons (Fsp3) is 0.828. The first-order chi connectivity index (χ1) is 42.7. The monoisotopic (exact) mass is 1330 g/mol. The molecule has 1 spiro atoms. The molecule has 11 amide bonds. The van der Waals surface area contributed by atoms with E-state index in [1.54, 1.807) is 13.8 Å². The average molecular weight is 1330 g/mol. The summed E-state index contributed by atoms with van der Waals surface area (Å²) < 4.78 is 41.9. The van der Waals surface area contributed by atoms with Gasteiger partial charge in [0.1, 0.15) is 47.8 Å². The molecule has 2 aliphatic heterocycles. The van der Waals surface area contributed by atoms with Crippen molar-refractivity contribution >= 4 is 88.2 Å². The van der Waals surface area contributed by atoms with Gasteiger partial charge in [-0.1, -0.05) is 58.8 Å². The minimum absolute atomic E-state index is 0.00455. The first-order valence-electron chi connectivity index (χ1n) is 33.2. The Bertz CT molecular complexity index is 2630. The summed E-state index contributed by atoms with van der Waals surface area (Å²) in [6.07, 6.45) is 3.96. The largest absolute Gasteiger partial charge is 0.393 e. The Labute approximate surface area is 545 Å². The van der Waals surface area contributed by atoms with Crippen LogP contribution >= 0.6 is 23.2 Å². The van der Waals surface area contributed by atoms with Crippen molar-refractivity contribution in [2.45, 2.75) is 247 Å². The highest BCUT2D eigenvalue weighted by Crippen LogP contribution is 2.44. The van der Waals surface area contributed by atoms with E-state index < -0.39 is 155 Å². The van der Waals surface area contributed by atoms with Crippen LogP contribution in [0.15, 0.2) is 0 Å². The molecule has 0 aromatic rings. The first-order valence-corrected chi connectivity index (χ1v) is 34.0. The molecule has 27 heteroatoms. The number of fused-ring (bicyclic) bond motifs is 1. The quantitative estimate of drug-likeness (QED) is 0.226. The summed E-state index contributed by atoms with van der Waals surface area (Å²) in [5, 5.41) is 10.1. The Balaban J connectivity index is 1.35. The second-order valence-corrected chi connectivity index (χ2v) is 28.5. The van der Waals surface area contributed by atoms with E-state index in [1.807, 2.05) is 6.92 Å². The molecule has 14 atom stereocenters. The van der Waals surface area contributed by atoms with Gasteiger partial charge in [0.15, 0.2) is 0 Å². The summed E-state index contributed by atoms with van der Waals surface area (Å²) in [5.74, 6) is -9.70. The number of carbonyl (C=O) groups excluding carboxylic acids is 11. The summed E-state index contributed by atoms with van der Waals surface area (Å²) in [4.78, 5) is 169. The number of nitrogens with one attached hydrogen (secondary N) is 4. The van der Waals surface area contributed by atoms with Crippen molar-refractivity contribution in [3.63, 3.8) is 0 Å². The minimum Gasteiger partial charge on any atom is -0.351 e. The van der Waals surface area contributed by atoms with Gasteiger partial charge in [-0.15, -0.1) is 23.2 Å². The van der Waals surface area contributed by atoms with Crippen LogP contribution in [0, 0.1) is 29.6 Å². The molecule has 91 heavy (non-hydrogen) atoms. The molecule has 2 heterocycles. The third kappa shape index (κ3) is 18.5. The highest BCUT2D eigenvalue weighted by atomic mass is 35.5. The van der Waals surface area contributed by atoms with Gasteiger partial charge in [0, 0.05) is 72.0 Å². The van der Waals surface area contributed by atoms with E-state index in [1.165, 1.54) is 80.6 Å². The van der Waals surface area contributed by atoms with Crippen molar-refractivity contribution < 1.29 is 65.9 Å². The molecule has 0 bridgehead atoms. The van der Waals surface area contributed by atoms with Crippen LogP contribution < -0.4 is 21.3 Å². The number of rotatable bonds is 8. The van der Waals surface area contributed by atoms with E-state index >= 15 is 9.59 Å². The van der Waals surface area contributed by atoms with E-state index in [4.69, 9.17) is 23.2 Å². The second-order valence-electron chi connectivity index (χ2n) is 27.4. The van der Waals surface area contributed by atoms with Gasteiger partial charge in [-0.05, 0) is 134 Å². The standard InChI is InChI=1S/C64H102Cl2F3N11O11/c1-12-37(2)53-61(90)75(7)35-51(82)74(6)36-52(83)78(10)49(34-43-22-15-16-23-45(43)65)60(89)77(9)40(5)55(84)71-47(28-26-41-25-27-44(46(66)33-41)64(67,68)69)59(88)80-31-19-24-48(80)57(86)73-63(29-17-18-30-63)62(91)79(11)54(42-20-13-14-21-42)58(87)70-38(3)32-50(81)76(8)39(4)56(85)72-53/h37-49,53-54H,12-36H2,1-11H3,(H,70,87)(H,71,84)(H,72,85)(H,73,86)/t37-,38+,39-,40+,41?,43?,44?,45?,46?,47-,48-,49-,53-,54-/m0/s1. The van der Waals surface area contributed by atoms with Gasteiger partial charge in [-0.3, -0.25) is 52.7 Å². The Kier molecular flexibility index (Phi) is 26.7. The topological polar surface area (TPSA) is 259 Å². The van der Waals surface area contributed by atoms with Crippen LogP contribution in [0.3, 0.4) is 0 Å². The summed E-state index contributed by atoms with van der Waals surface area (Å²) in [6, 6.07) is -8.96. The Hall–Kier alpha value is -5.46. The first kappa shape index (κ1) is 74.6. The molecule has 4 N–H and O–H groups in total. The van der Waals surface area contributed by atoms with E-state index in [-0.39, 0.29) is 93.9 Å². The van der Waals surface area contributed by atoms with Crippen molar-refractivity contribution in [1.29, 1.82) is 0 Å². The maximum absolute atomic E-state index is 15.2. The van der Waals surface area contributed by atoms with Crippen LogP contribution in [0.1, 0.15) is 176 Å².